The quantitative estimate of drug-likeness (QED) is 0.644. The standard InChI is InChI=1S/C12H22N2O4/c1-11(15)10-14(3-2-12(16)17)5-4-13-6-8-18-9-7-13/h2-10H2,1H3,(H,16,17). The van der Waals surface area contributed by atoms with E-state index in [1.807, 2.05) is 4.90 Å². The molecule has 1 saturated heterocycles. The van der Waals surface area contributed by atoms with Crippen molar-refractivity contribution in [2.24, 2.45) is 0 Å². The summed E-state index contributed by atoms with van der Waals surface area (Å²) >= 11 is 0. The first-order chi connectivity index (χ1) is 8.58. The molecule has 0 aromatic carbocycles. The fraction of sp³-hybridized carbons (Fsp3) is 0.833. The highest BCUT2D eigenvalue weighted by molar-refractivity contribution is 5.77. The number of carbonyl (C=O) groups excluding carboxylic acids is 1. The molecule has 0 bridgehead atoms. The number of hydrogen-bond donors (Lipinski definition) is 1. The Morgan fingerprint density at radius 1 is 1.28 bits per heavy atom. The second kappa shape index (κ2) is 8.18. The molecule has 0 atom stereocenters. The van der Waals surface area contributed by atoms with Crippen LogP contribution in [0.3, 0.4) is 0 Å². The minimum atomic E-state index is -0.824. The van der Waals surface area contributed by atoms with E-state index in [2.05, 4.69) is 4.90 Å². The number of carboxylic acid groups (broad SMARTS) is 1. The summed E-state index contributed by atoms with van der Waals surface area (Å²) in [5, 5.41) is 8.67. The summed E-state index contributed by atoms with van der Waals surface area (Å²) in [6.07, 6.45) is 0.0798. The number of morpholine rings is 1. The molecule has 1 fully saturated rings. The van der Waals surface area contributed by atoms with Crippen molar-refractivity contribution in [1.29, 1.82) is 0 Å². The predicted octanol–water partition coefficient (Wildman–Crippen LogP) is -0.316. The van der Waals surface area contributed by atoms with Gasteiger partial charge in [0.05, 0.1) is 26.2 Å². The normalized spacial score (nSPS) is 17.0. The lowest BCUT2D eigenvalue weighted by molar-refractivity contribution is -0.137. The van der Waals surface area contributed by atoms with Gasteiger partial charge < -0.3 is 9.84 Å². The number of carboxylic acids is 1. The van der Waals surface area contributed by atoms with Crippen LogP contribution < -0.4 is 0 Å². The number of ketones is 1. The molecule has 0 amide bonds. The fourth-order valence-corrected chi connectivity index (χ4v) is 1.95. The van der Waals surface area contributed by atoms with Gasteiger partial charge in [0.2, 0.25) is 0 Å². The third kappa shape index (κ3) is 6.68. The van der Waals surface area contributed by atoms with Crippen molar-refractivity contribution in [3.05, 3.63) is 0 Å². The molecule has 0 unspecified atom stereocenters. The Bertz CT molecular complexity index is 277. The highest BCUT2D eigenvalue weighted by atomic mass is 16.5. The Labute approximate surface area is 107 Å². The van der Waals surface area contributed by atoms with E-state index in [-0.39, 0.29) is 12.2 Å². The molecule has 0 aromatic heterocycles. The molecular formula is C12H22N2O4. The first kappa shape index (κ1) is 15.1. The van der Waals surface area contributed by atoms with Gasteiger partial charge in [-0.1, -0.05) is 0 Å². The van der Waals surface area contributed by atoms with Gasteiger partial charge in [0.1, 0.15) is 5.78 Å². The number of nitrogens with zero attached hydrogens (tertiary/aromatic N) is 2. The monoisotopic (exact) mass is 258 g/mol. The number of Topliss-reactive ketones (excluding diaryl/α,β-unsaturated/α-hetero) is 1. The average Bonchev–Trinajstić information content (AvgIpc) is 2.33. The minimum Gasteiger partial charge on any atom is -0.481 e. The maximum absolute atomic E-state index is 11.1. The summed E-state index contributed by atoms with van der Waals surface area (Å²) in [7, 11) is 0. The van der Waals surface area contributed by atoms with Gasteiger partial charge >= 0.3 is 5.97 Å². The zero-order chi connectivity index (χ0) is 13.4. The maximum atomic E-state index is 11.1. The van der Waals surface area contributed by atoms with E-state index in [0.717, 1.165) is 39.4 Å². The lowest BCUT2D eigenvalue weighted by Gasteiger charge is -2.29. The average molecular weight is 258 g/mol. The summed E-state index contributed by atoms with van der Waals surface area (Å²) in [6, 6.07) is 0. The van der Waals surface area contributed by atoms with Gasteiger partial charge in [0, 0.05) is 32.7 Å². The van der Waals surface area contributed by atoms with Crippen molar-refractivity contribution in [2.45, 2.75) is 13.3 Å². The number of aliphatic carboxylic acids is 1. The van der Waals surface area contributed by atoms with Crippen LogP contribution in [-0.4, -0.2) is 79.1 Å². The highest BCUT2D eigenvalue weighted by Crippen LogP contribution is 1.99. The van der Waals surface area contributed by atoms with Crippen molar-refractivity contribution in [2.75, 3.05) is 52.5 Å². The molecule has 1 aliphatic heterocycles. The van der Waals surface area contributed by atoms with Crippen LogP contribution in [-0.2, 0) is 14.3 Å². The van der Waals surface area contributed by atoms with Crippen LogP contribution in [0, 0.1) is 0 Å². The zero-order valence-corrected chi connectivity index (χ0v) is 10.9. The van der Waals surface area contributed by atoms with E-state index in [9.17, 15) is 9.59 Å². The molecule has 6 heteroatoms. The smallest absolute Gasteiger partial charge is 0.304 e. The van der Waals surface area contributed by atoms with E-state index in [4.69, 9.17) is 9.84 Å². The predicted molar refractivity (Wildman–Crippen MR) is 66.6 cm³/mol. The molecule has 1 N–H and O–H groups in total. The lowest BCUT2D eigenvalue weighted by atomic mass is 10.3. The topological polar surface area (TPSA) is 70.1 Å². The largest absolute Gasteiger partial charge is 0.481 e. The molecule has 1 heterocycles. The molecular weight excluding hydrogens is 236 g/mol. The van der Waals surface area contributed by atoms with Gasteiger partial charge in [0.25, 0.3) is 0 Å². The zero-order valence-electron chi connectivity index (χ0n) is 10.9. The summed E-state index contributed by atoms with van der Waals surface area (Å²) in [4.78, 5) is 25.9. The van der Waals surface area contributed by atoms with Crippen LogP contribution in [0.25, 0.3) is 0 Å². The molecule has 0 aliphatic carbocycles. The van der Waals surface area contributed by atoms with Gasteiger partial charge in [0.15, 0.2) is 0 Å². The number of ether oxygens (including phenoxy) is 1. The van der Waals surface area contributed by atoms with E-state index in [1.54, 1.807) is 0 Å². The van der Waals surface area contributed by atoms with Crippen LogP contribution in [0.2, 0.25) is 0 Å². The molecule has 0 radical (unpaired) electrons. The molecule has 0 saturated carbocycles. The molecule has 0 aromatic rings. The molecule has 6 nitrogen and oxygen atoms in total. The SMILES string of the molecule is CC(=O)CN(CCC(=O)O)CCN1CCOCC1. The first-order valence-corrected chi connectivity index (χ1v) is 6.31. The van der Waals surface area contributed by atoms with Crippen LogP contribution >= 0.6 is 0 Å². The van der Waals surface area contributed by atoms with Gasteiger partial charge in [-0.15, -0.1) is 0 Å². The van der Waals surface area contributed by atoms with Crippen LogP contribution in [0.5, 0.6) is 0 Å². The summed E-state index contributed by atoms with van der Waals surface area (Å²) in [5.74, 6) is -0.753. The molecule has 0 spiro atoms. The minimum absolute atomic E-state index is 0.0716. The van der Waals surface area contributed by atoms with E-state index < -0.39 is 5.97 Å². The molecule has 1 aliphatic rings. The molecule has 104 valence electrons. The van der Waals surface area contributed by atoms with Crippen LogP contribution in [0.15, 0.2) is 0 Å². The van der Waals surface area contributed by atoms with Gasteiger partial charge in [-0.3, -0.25) is 19.4 Å². The summed E-state index contributed by atoms with van der Waals surface area (Å²) in [6.45, 7) is 7.20. The number of carbonyl (C=O) groups is 2. The van der Waals surface area contributed by atoms with Gasteiger partial charge in [-0.05, 0) is 6.92 Å². The van der Waals surface area contributed by atoms with Crippen molar-refractivity contribution in [3.8, 4) is 0 Å². The Balaban J connectivity index is 2.29. The Hall–Kier alpha value is -0.980. The maximum Gasteiger partial charge on any atom is 0.304 e. The first-order valence-electron chi connectivity index (χ1n) is 6.31. The van der Waals surface area contributed by atoms with E-state index in [1.165, 1.54) is 6.92 Å². The summed E-state index contributed by atoms with van der Waals surface area (Å²) < 4.78 is 5.26. The number of rotatable bonds is 8. The summed E-state index contributed by atoms with van der Waals surface area (Å²) in [5.41, 5.74) is 0. The fourth-order valence-electron chi connectivity index (χ4n) is 1.95. The van der Waals surface area contributed by atoms with E-state index >= 15 is 0 Å². The Morgan fingerprint density at radius 3 is 2.50 bits per heavy atom. The third-order valence-corrected chi connectivity index (χ3v) is 2.92. The van der Waals surface area contributed by atoms with Crippen molar-refractivity contribution in [1.82, 2.24) is 9.80 Å². The van der Waals surface area contributed by atoms with Crippen molar-refractivity contribution in [3.63, 3.8) is 0 Å². The second-order valence-corrected chi connectivity index (χ2v) is 4.58. The molecule has 18 heavy (non-hydrogen) atoms. The Kier molecular flexibility index (Phi) is 6.85. The van der Waals surface area contributed by atoms with Crippen molar-refractivity contribution >= 4 is 11.8 Å². The van der Waals surface area contributed by atoms with Gasteiger partial charge in [-0.2, -0.15) is 0 Å². The van der Waals surface area contributed by atoms with Crippen LogP contribution in [0.4, 0.5) is 0 Å². The van der Waals surface area contributed by atoms with Gasteiger partial charge in [-0.25, -0.2) is 0 Å². The number of hydrogen-bond acceptors (Lipinski definition) is 5. The second-order valence-electron chi connectivity index (χ2n) is 4.58. The lowest BCUT2D eigenvalue weighted by Crippen LogP contribution is -2.42. The highest BCUT2D eigenvalue weighted by Gasteiger charge is 2.14. The van der Waals surface area contributed by atoms with Crippen LogP contribution in [0.1, 0.15) is 13.3 Å². The molecule has 1 rings (SSSR count). The van der Waals surface area contributed by atoms with Crippen molar-refractivity contribution < 1.29 is 19.4 Å². The van der Waals surface area contributed by atoms with E-state index in [0.29, 0.717) is 13.1 Å². The Morgan fingerprint density at radius 2 is 1.94 bits per heavy atom. The third-order valence-electron chi connectivity index (χ3n) is 2.92.